The smallest absolute Gasteiger partial charge is 0.168 e. The van der Waals surface area contributed by atoms with Crippen molar-refractivity contribution in [2.45, 2.75) is 18.9 Å². The Bertz CT molecular complexity index is 607. The molecule has 0 heterocycles. The van der Waals surface area contributed by atoms with Crippen LogP contribution in [-0.4, -0.2) is 13.2 Å². The van der Waals surface area contributed by atoms with Gasteiger partial charge in [0.15, 0.2) is 11.6 Å². The molecule has 2 rings (SSSR count). The van der Waals surface area contributed by atoms with Crippen molar-refractivity contribution in [2.24, 2.45) is 5.84 Å². The first-order valence-corrected chi connectivity index (χ1v) is 7.46. The van der Waals surface area contributed by atoms with Crippen molar-refractivity contribution >= 4 is 15.9 Å². The Morgan fingerprint density at radius 3 is 2.48 bits per heavy atom. The number of hydrogen-bond donors (Lipinski definition) is 2. The standard InChI is InChI=1S/C16H18BrFN2O/c1-21-15-8-4-6-12(16(15)18)10-13(20-19)9-11-5-2-3-7-14(11)17/h2-8,13,20H,9-10,19H2,1H3. The highest BCUT2D eigenvalue weighted by molar-refractivity contribution is 9.10. The average molecular weight is 353 g/mol. The van der Waals surface area contributed by atoms with Crippen LogP contribution in [0.5, 0.6) is 5.75 Å². The third-order valence-corrected chi connectivity index (χ3v) is 4.16. The number of nitrogens with one attached hydrogen (secondary N) is 1. The minimum Gasteiger partial charge on any atom is -0.494 e. The van der Waals surface area contributed by atoms with Gasteiger partial charge in [0.1, 0.15) is 0 Å². The largest absolute Gasteiger partial charge is 0.494 e. The maximum absolute atomic E-state index is 14.2. The van der Waals surface area contributed by atoms with Crippen LogP contribution in [0, 0.1) is 5.82 Å². The van der Waals surface area contributed by atoms with Crippen LogP contribution in [0.3, 0.4) is 0 Å². The van der Waals surface area contributed by atoms with Crippen molar-refractivity contribution in [3.8, 4) is 5.75 Å². The van der Waals surface area contributed by atoms with E-state index in [4.69, 9.17) is 10.6 Å². The van der Waals surface area contributed by atoms with Crippen LogP contribution in [0.1, 0.15) is 11.1 Å². The third kappa shape index (κ3) is 4.03. The number of ether oxygens (including phenoxy) is 1. The van der Waals surface area contributed by atoms with Crippen molar-refractivity contribution in [3.05, 3.63) is 63.9 Å². The second kappa shape index (κ2) is 7.54. The molecule has 0 aliphatic rings. The molecule has 5 heteroatoms. The average Bonchev–Trinajstić information content (AvgIpc) is 2.50. The fourth-order valence-corrected chi connectivity index (χ4v) is 2.70. The Labute approximate surface area is 132 Å². The Kier molecular flexibility index (Phi) is 5.73. The van der Waals surface area contributed by atoms with Gasteiger partial charge in [-0.15, -0.1) is 0 Å². The molecule has 2 aromatic rings. The van der Waals surface area contributed by atoms with Crippen LogP contribution in [0.2, 0.25) is 0 Å². The maximum atomic E-state index is 14.2. The molecule has 0 amide bonds. The first-order chi connectivity index (χ1) is 10.2. The van der Waals surface area contributed by atoms with Crippen molar-refractivity contribution in [1.82, 2.24) is 5.43 Å². The van der Waals surface area contributed by atoms with Crippen LogP contribution in [-0.2, 0) is 12.8 Å². The molecule has 0 saturated heterocycles. The molecule has 3 N–H and O–H groups in total. The number of rotatable bonds is 6. The summed E-state index contributed by atoms with van der Waals surface area (Å²) in [6, 6.07) is 13.0. The Balaban J connectivity index is 2.15. The Hall–Kier alpha value is -1.43. The van der Waals surface area contributed by atoms with Gasteiger partial charge >= 0.3 is 0 Å². The van der Waals surface area contributed by atoms with Gasteiger partial charge in [-0.2, -0.15) is 0 Å². The van der Waals surface area contributed by atoms with Gasteiger partial charge in [-0.25, -0.2) is 4.39 Å². The summed E-state index contributed by atoms with van der Waals surface area (Å²) >= 11 is 3.51. The fraction of sp³-hybridized carbons (Fsp3) is 0.250. The molecule has 3 nitrogen and oxygen atoms in total. The summed E-state index contributed by atoms with van der Waals surface area (Å²) in [6.45, 7) is 0. The predicted molar refractivity (Wildman–Crippen MR) is 85.6 cm³/mol. The minimum atomic E-state index is -0.327. The van der Waals surface area contributed by atoms with Crippen LogP contribution in [0.4, 0.5) is 4.39 Å². The lowest BCUT2D eigenvalue weighted by atomic mass is 9.99. The molecule has 1 unspecified atom stereocenters. The fourth-order valence-electron chi connectivity index (χ4n) is 2.26. The monoisotopic (exact) mass is 352 g/mol. The van der Waals surface area contributed by atoms with Crippen molar-refractivity contribution in [2.75, 3.05) is 7.11 Å². The highest BCUT2D eigenvalue weighted by Crippen LogP contribution is 2.23. The van der Waals surface area contributed by atoms with Gasteiger partial charge in [-0.1, -0.05) is 46.3 Å². The lowest BCUT2D eigenvalue weighted by molar-refractivity contribution is 0.382. The number of nitrogens with two attached hydrogens (primary N) is 1. The SMILES string of the molecule is COc1cccc(CC(Cc2ccccc2Br)NN)c1F. The second-order valence-corrected chi connectivity index (χ2v) is 5.65. The molecule has 112 valence electrons. The first-order valence-electron chi connectivity index (χ1n) is 6.66. The van der Waals surface area contributed by atoms with Crippen molar-refractivity contribution in [1.29, 1.82) is 0 Å². The molecule has 0 radical (unpaired) electrons. The molecule has 21 heavy (non-hydrogen) atoms. The molecule has 0 aliphatic carbocycles. The van der Waals surface area contributed by atoms with E-state index in [1.165, 1.54) is 7.11 Å². The molecular formula is C16H18BrFN2O. The van der Waals surface area contributed by atoms with E-state index in [2.05, 4.69) is 21.4 Å². The Morgan fingerprint density at radius 2 is 1.81 bits per heavy atom. The normalized spacial score (nSPS) is 12.2. The number of hydrazine groups is 1. The summed E-state index contributed by atoms with van der Waals surface area (Å²) in [6.07, 6.45) is 1.19. The van der Waals surface area contributed by atoms with E-state index < -0.39 is 0 Å². The number of halogens is 2. The molecule has 0 aromatic heterocycles. The highest BCUT2D eigenvalue weighted by atomic mass is 79.9. The molecule has 0 aliphatic heterocycles. The van der Waals surface area contributed by atoms with E-state index in [1.807, 2.05) is 24.3 Å². The lowest BCUT2D eigenvalue weighted by Gasteiger charge is -2.18. The second-order valence-electron chi connectivity index (χ2n) is 4.80. The third-order valence-electron chi connectivity index (χ3n) is 3.39. The van der Waals surface area contributed by atoms with E-state index >= 15 is 0 Å². The summed E-state index contributed by atoms with van der Waals surface area (Å²) in [7, 11) is 1.46. The van der Waals surface area contributed by atoms with Crippen LogP contribution in [0.25, 0.3) is 0 Å². The van der Waals surface area contributed by atoms with E-state index in [1.54, 1.807) is 18.2 Å². The molecule has 1 atom stereocenters. The minimum absolute atomic E-state index is 0.0645. The zero-order chi connectivity index (χ0) is 15.2. The van der Waals surface area contributed by atoms with E-state index in [0.717, 1.165) is 10.0 Å². The molecule has 0 bridgehead atoms. The van der Waals surface area contributed by atoms with Crippen LogP contribution < -0.4 is 16.0 Å². The van der Waals surface area contributed by atoms with Crippen LogP contribution >= 0.6 is 15.9 Å². The van der Waals surface area contributed by atoms with E-state index in [0.29, 0.717) is 18.4 Å². The number of hydrogen-bond acceptors (Lipinski definition) is 3. The van der Waals surface area contributed by atoms with Crippen LogP contribution in [0.15, 0.2) is 46.9 Å². The zero-order valence-corrected chi connectivity index (χ0v) is 13.4. The number of benzene rings is 2. The quantitative estimate of drug-likeness (QED) is 0.619. The Morgan fingerprint density at radius 1 is 1.14 bits per heavy atom. The van der Waals surface area contributed by atoms with Gasteiger partial charge in [0.25, 0.3) is 0 Å². The van der Waals surface area contributed by atoms with Crippen molar-refractivity contribution < 1.29 is 9.13 Å². The molecule has 0 fully saturated rings. The summed E-state index contributed by atoms with van der Waals surface area (Å²) in [5, 5.41) is 0. The molecular weight excluding hydrogens is 335 g/mol. The van der Waals surface area contributed by atoms with Gasteiger partial charge in [0, 0.05) is 10.5 Å². The summed E-state index contributed by atoms with van der Waals surface area (Å²) < 4.78 is 20.2. The van der Waals surface area contributed by atoms with Crippen molar-refractivity contribution in [3.63, 3.8) is 0 Å². The molecule has 0 spiro atoms. The lowest BCUT2D eigenvalue weighted by Crippen LogP contribution is -2.38. The summed E-state index contributed by atoms with van der Waals surface area (Å²) in [5.41, 5.74) is 4.48. The van der Waals surface area contributed by atoms with Gasteiger partial charge < -0.3 is 4.74 Å². The zero-order valence-electron chi connectivity index (χ0n) is 11.8. The highest BCUT2D eigenvalue weighted by Gasteiger charge is 2.15. The molecule has 0 saturated carbocycles. The first kappa shape index (κ1) is 15.9. The van der Waals surface area contributed by atoms with E-state index in [-0.39, 0.29) is 17.6 Å². The maximum Gasteiger partial charge on any atom is 0.168 e. The van der Waals surface area contributed by atoms with Gasteiger partial charge in [0.05, 0.1) is 7.11 Å². The van der Waals surface area contributed by atoms with Gasteiger partial charge in [0.2, 0.25) is 0 Å². The van der Waals surface area contributed by atoms with Gasteiger partial charge in [-0.05, 0) is 36.1 Å². The summed E-state index contributed by atoms with van der Waals surface area (Å²) in [5.74, 6) is 5.55. The van der Waals surface area contributed by atoms with Gasteiger partial charge in [-0.3, -0.25) is 11.3 Å². The topological polar surface area (TPSA) is 47.3 Å². The number of methoxy groups -OCH3 is 1. The predicted octanol–water partition coefficient (Wildman–Crippen LogP) is 3.21. The molecule has 2 aromatic carbocycles. The summed E-state index contributed by atoms with van der Waals surface area (Å²) in [4.78, 5) is 0. The van der Waals surface area contributed by atoms with E-state index in [9.17, 15) is 4.39 Å².